The van der Waals surface area contributed by atoms with E-state index in [9.17, 15) is 0 Å². The Labute approximate surface area is 168 Å². The molecule has 1 N–H and O–H groups in total. The molecule has 1 aliphatic carbocycles. The minimum absolute atomic E-state index is 0. The molecule has 25 heavy (non-hydrogen) atoms. The molecule has 1 atom stereocenters. The third-order valence-corrected chi connectivity index (χ3v) is 4.98. The molecule has 3 rings (SSSR count). The van der Waals surface area contributed by atoms with Crippen LogP contribution in [0.4, 0.5) is 0 Å². The monoisotopic (exact) mass is 455 g/mol. The van der Waals surface area contributed by atoms with Crippen molar-refractivity contribution in [3.8, 4) is 0 Å². The molecule has 5 heteroatoms. The van der Waals surface area contributed by atoms with Gasteiger partial charge in [-0.3, -0.25) is 4.99 Å². The number of hydrogen-bond donors (Lipinski definition) is 1. The van der Waals surface area contributed by atoms with Crippen LogP contribution in [0.25, 0.3) is 0 Å². The largest absolute Gasteiger partial charge is 0.370 e. The van der Waals surface area contributed by atoms with Crippen molar-refractivity contribution in [2.24, 2.45) is 4.99 Å². The molecule has 1 saturated heterocycles. The summed E-state index contributed by atoms with van der Waals surface area (Å²) < 4.78 is 6.02. The van der Waals surface area contributed by atoms with E-state index in [0.29, 0.717) is 0 Å². The van der Waals surface area contributed by atoms with Gasteiger partial charge in [-0.2, -0.15) is 0 Å². The summed E-state index contributed by atoms with van der Waals surface area (Å²) in [5.74, 6) is 0.996. The third-order valence-electron chi connectivity index (χ3n) is 4.98. The van der Waals surface area contributed by atoms with Crippen LogP contribution >= 0.6 is 24.0 Å². The van der Waals surface area contributed by atoms with Gasteiger partial charge < -0.3 is 15.0 Å². The van der Waals surface area contributed by atoms with Crippen LogP contribution in [-0.4, -0.2) is 44.1 Å². The second kappa shape index (κ2) is 10.2. The fourth-order valence-corrected chi connectivity index (χ4v) is 3.61. The number of aryl methyl sites for hydroxylation is 1. The van der Waals surface area contributed by atoms with Crippen LogP contribution < -0.4 is 5.32 Å². The number of nitrogens with one attached hydrogen (secondary N) is 1. The molecule has 0 aromatic heterocycles. The Morgan fingerprint density at radius 3 is 2.92 bits per heavy atom. The van der Waals surface area contributed by atoms with E-state index in [1.807, 2.05) is 7.05 Å². The van der Waals surface area contributed by atoms with Gasteiger partial charge in [-0.15, -0.1) is 24.0 Å². The Morgan fingerprint density at radius 1 is 1.36 bits per heavy atom. The van der Waals surface area contributed by atoms with Gasteiger partial charge in [-0.1, -0.05) is 35.9 Å². The first-order valence-corrected chi connectivity index (χ1v) is 9.08. The number of hydrogen-bond acceptors (Lipinski definition) is 2. The number of guanidine groups is 1. The van der Waals surface area contributed by atoms with E-state index in [2.05, 4.69) is 52.5 Å². The number of rotatable bonds is 4. The molecule has 0 radical (unpaired) electrons. The third kappa shape index (κ3) is 5.45. The highest BCUT2D eigenvalue weighted by atomic mass is 127. The number of nitrogens with zero attached hydrogens (tertiary/aromatic N) is 2. The fraction of sp³-hybridized carbons (Fsp3) is 0.550. The second-order valence-electron chi connectivity index (χ2n) is 6.64. The molecule has 1 aromatic rings. The van der Waals surface area contributed by atoms with Crippen molar-refractivity contribution < 1.29 is 4.74 Å². The predicted molar refractivity (Wildman–Crippen MR) is 115 cm³/mol. The van der Waals surface area contributed by atoms with Crippen molar-refractivity contribution in [2.45, 2.75) is 38.7 Å². The molecule has 1 unspecified atom stereocenters. The van der Waals surface area contributed by atoms with E-state index in [0.717, 1.165) is 38.6 Å². The summed E-state index contributed by atoms with van der Waals surface area (Å²) >= 11 is 0. The van der Waals surface area contributed by atoms with Crippen molar-refractivity contribution in [1.29, 1.82) is 0 Å². The maximum absolute atomic E-state index is 6.02. The topological polar surface area (TPSA) is 36.9 Å². The Hall–Kier alpha value is -1.08. The smallest absolute Gasteiger partial charge is 0.193 e. The Bertz CT molecular complexity index is 615. The zero-order valence-corrected chi connectivity index (χ0v) is 17.7. The van der Waals surface area contributed by atoms with Crippen molar-refractivity contribution in [2.75, 3.05) is 33.3 Å². The minimum Gasteiger partial charge on any atom is -0.370 e. The fourth-order valence-electron chi connectivity index (χ4n) is 3.61. The number of morpholine rings is 1. The first-order chi connectivity index (χ1) is 11.8. The van der Waals surface area contributed by atoms with E-state index < -0.39 is 0 Å². The van der Waals surface area contributed by atoms with Gasteiger partial charge >= 0.3 is 0 Å². The molecule has 4 nitrogen and oxygen atoms in total. The zero-order valence-electron chi connectivity index (χ0n) is 15.3. The molecule has 1 aliphatic heterocycles. The molecule has 2 aliphatic rings. The van der Waals surface area contributed by atoms with Gasteiger partial charge in [0, 0.05) is 20.1 Å². The highest BCUT2D eigenvalue weighted by Gasteiger charge is 2.25. The molecule has 138 valence electrons. The summed E-state index contributed by atoms with van der Waals surface area (Å²) in [4.78, 5) is 6.81. The number of ether oxygens (including phenoxy) is 1. The van der Waals surface area contributed by atoms with E-state index in [4.69, 9.17) is 4.74 Å². The normalized spacial score (nSPS) is 20.9. The second-order valence-corrected chi connectivity index (χ2v) is 6.64. The first-order valence-electron chi connectivity index (χ1n) is 9.08. The lowest BCUT2D eigenvalue weighted by Crippen LogP contribution is -2.48. The molecule has 0 saturated carbocycles. The lowest BCUT2D eigenvalue weighted by molar-refractivity contribution is -0.00829. The summed E-state index contributed by atoms with van der Waals surface area (Å²) in [7, 11) is 1.87. The molecule has 0 bridgehead atoms. The first kappa shape index (κ1) is 20.2. The molecular weight excluding hydrogens is 425 g/mol. The lowest BCUT2D eigenvalue weighted by Gasteiger charge is -2.35. The highest BCUT2D eigenvalue weighted by Crippen LogP contribution is 2.25. The summed E-state index contributed by atoms with van der Waals surface area (Å²) in [5.41, 5.74) is 4.17. The van der Waals surface area contributed by atoms with Crippen molar-refractivity contribution in [1.82, 2.24) is 10.2 Å². The minimum atomic E-state index is 0. The van der Waals surface area contributed by atoms with Crippen LogP contribution in [0.15, 0.2) is 40.9 Å². The summed E-state index contributed by atoms with van der Waals surface area (Å²) in [5, 5.41) is 3.53. The standard InChI is InChI=1S/C20H29N3O.HI/c1-16-7-3-6-10-18(16)19-15-23(13-14-24-19)20(21-2)22-12-11-17-8-4-5-9-17;/h3,6-8,10,19H,4-5,9,11-15H2,1-2H3,(H,21,22);1H. The van der Waals surface area contributed by atoms with Crippen LogP contribution in [0.2, 0.25) is 0 Å². The van der Waals surface area contributed by atoms with Crippen molar-refractivity contribution in [3.05, 3.63) is 47.0 Å². The quantitative estimate of drug-likeness (QED) is 0.322. The summed E-state index contributed by atoms with van der Waals surface area (Å²) in [6, 6.07) is 8.50. The average Bonchev–Trinajstić information content (AvgIpc) is 3.13. The van der Waals surface area contributed by atoms with E-state index in [1.54, 1.807) is 5.57 Å². The van der Waals surface area contributed by atoms with E-state index in [-0.39, 0.29) is 30.1 Å². The van der Waals surface area contributed by atoms with Crippen LogP contribution in [0.3, 0.4) is 0 Å². The van der Waals surface area contributed by atoms with E-state index in [1.165, 1.54) is 30.4 Å². The van der Waals surface area contributed by atoms with Crippen LogP contribution in [0, 0.1) is 6.92 Å². The highest BCUT2D eigenvalue weighted by molar-refractivity contribution is 14.0. The predicted octanol–water partition coefficient (Wildman–Crippen LogP) is 4.06. The summed E-state index contributed by atoms with van der Waals surface area (Å²) in [6.07, 6.45) is 7.50. The molecule has 0 spiro atoms. The number of benzene rings is 1. The van der Waals surface area contributed by atoms with Crippen molar-refractivity contribution >= 4 is 29.9 Å². The number of halogens is 1. The molecule has 1 heterocycles. The molecule has 1 fully saturated rings. The Balaban J connectivity index is 0.00000225. The Kier molecular flexibility index (Phi) is 8.22. The number of aliphatic imine (C=N–C) groups is 1. The van der Waals surface area contributed by atoms with Gasteiger partial charge in [0.15, 0.2) is 5.96 Å². The molecular formula is C20H30IN3O. The maximum atomic E-state index is 6.02. The van der Waals surface area contributed by atoms with Crippen LogP contribution in [0.1, 0.15) is 42.9 Å². The van der Waals surface area contributed by atoms with Gasteiger partial charge in [0.2, 0.25) is 0 Å². The average molecular weight is 455 g/mol. The molecule has 1 aromatic carbocycles. The van der Waals surface area contributed by atoms with E-state index >= 15 is 0 Å². The van der Waals surface area contributed by atoms with Gasteiger partial charge in [-0.25, -0.2) is 0 Å². The maximum Gasteiger partial charge on any atom is 0.193 e. The van der Waals surface area contributed by atoms with Gasteiger partial charge in [-0.05, 0) is 43.7 Å². The lowest BCUT2D eigenvalue weighted by atomic mass is 10.0. The number of allylic oxidation sites excluding steroid dienone is 1. The zero-order chi connectivity index (χ0) is 16.8. The summed E-state index contributed by atoms with van der Waals surface area (Å²) in [6.45, 7) is 5.60. The van der Waals surface area contributed by atoms with Crippen LogP contribution in [0.5, 0.6) is 0 Å². The van der Waals surface area contributed by atoms with Crippen molar-refractivity contribution in [3.63, 3.8) is 0 Å². The molecule has 0 amide bonds. The Morgan fingerprint density at radius 2 is 2.20 bits per heavy atom. The van der Waals surface area contributed by atoms with Gasteiger partial charge in [0.05, 0.1) is 13.2 Å². The SMILES string of the molecule is CN=C(NCCC1=CCCC1)N1CCOC(c2ccccc2C)C1.I. The van der Waals surface area contributed by atoms with Crippen LogP contribution in [-0.2, 0) is 4.74 Å². The van der Waals surface area contributed by atoms with Gasteiger partial charge in [0.25, 0.3) is 0 Å². The van der Waals surface area contributed by atoms with Gasteiger partial charge in [0.1, 0.15) is 6.10 Å².